The van der Waals surface area contributed by atoms with Gasteiger partial charge in [-0.2, -0.15) is 13.2 Å². The van der Waals surface area contributed by atoms with E-state index < -0.39 is 12.1 Å². The van der Waals surface area contributed by atoms with E-state index >= 15 is 0 Å². The summed E-state index contributed by atoms with van der Waals surface area (Å²) < 4.78 is 31.7. The fourth-order valence-corrected chi connectivity index (χ4v) is 4.36. The normalized spacial score (nSPS) is 20.2. The average molecular weight is 507 g/mol. The molecule has 0 aliphatic carbocycles. The highest BCUT2D eigenvalue weighted by molar-refractivity contribution is 5.97. The lowest BCUT2D eigenvalue weighted by atomic mass is 9.92. The lowest BCUT2D eigenvalue weighted by Crippen LogP contribution is -2.64. The zero-order chi connectivity index (χ0) is 26.7. The maximum atomic E-state index is 13.1. The van der Waals surface area contributed by atoms with Crippen LogP contribution in [0.4, 0.5) is 24.5 Å². The third-order valence-electron chi connectivity index (χ3n) is 6.50. The van der Waals surface area contributed by atoms with Crippen molar-refractivity contribution in [1.29, 1.82) is 0 Å². The fraction of sp³-hybridized carbons (Fsp3) is 0.400. The quantitative estimate of drug-likeness (QED) is 0.689. The largest absolute Gasteiger partial charge is 0.490 e. The molecule has 2 aliphatic rings. The third kappa shape index (κ3) is 5.96. The first kappa shape index (κ1) is 27.0. The Balaban J connectivity index is 0.000000454. The molecule has 2 fully saturated rings. The second-order valence-corrected chi connectivity index (χ2v) is 9.12. The summed E-state index contributed by atoms with van der Waals surface area (Å²) in [6, 6.07) is 17.5. The van der Waals surface area contributed by atoms with Crippen LogP contribution in [0, 0.1) is 0 Å². The van der Waals surface area contributed by atoms with Crippen molar-refractivity contribution >= 4 is 29.2 Å². The molecule has 0 aromatic heterocycles. The average Bonchev–Trinajstić information content (AvgIpc) is 3.27. The van der Waals surface area contributed by atoms with E-state index in [2.05, 4.69) is 4.90 Å². The summed E-state index contributed by atoms with van der Waals surface area (Å²) in [5.41, 5.74) is 2.50. The highest BCUT2D eigenvalue weighted by Gasteiger charge is 2.48. The number of piperazine rings is 1. The first-order valence-electron chi connectivity index (χ1n) is 11.3. The predicted octanol–water partition coefficient (Wildman–Crippen LogP) is 2.95. The van der Waals surface area contributed by atoms with Crippen molar-refractivity contribution in [3.63, 3.8) is 0 Å². The lowest BCUT2D eigenvalue weighted by Gasteiger charge is -2.46. The Labute approximate surface area is 207 Å². The number of amides is 2. The Morgan fingerprint density at radius 2 is 1.58 bits per heavy atom. The van der Waals surface area contributed by atoms with Crippen LogP contribution in [0.1, 0.15) is 16.8 Å². The number of carboxylic acids is 1. The van der Waals surface area contributed by atoms with E-state index in [9.17, 15) is 22.8 Å². The minimum atomic E-state index is -5.08. The van der Waals surface area contributed by atoms with Crippen molar-refractivity contribution in [3.8, 4) is 0 Å². The molecule has 2 aromatic rings. The van der Waals surface area contributed by atoms with Crippen LogP contribution in [0.5, 0.6) is 0 Å². The van der Waals surface area contributed by atoms with Gasteiger partial charge in [0.05, 0.1) is 12.1 Å². The monoisotopic (exact) mass is 506 g/mol. The Hall–Kier alpha value is -3.60. The van der Waals surface area contributed by atoms with Gasteiger partial charge in [0.25, 0.3) is 5.91 Å². The zero-order valence-corrected chi connectivity index (χ0v) is 20.3. The third-order valence-corrected chi connectivity index (χ3v) is 6.50. The van der Waals surface area contributed by atoms with Crippen molar-refractivity contribution in [2.75, 3.05) is 57.1 Å². The summed E-state index contributed by atoms with van der Waals surface area (Å²) in [7, 11) is 5.97. The minimum absolute atomic E-state index is 0.0590. The molecular formula is C25H29F3N4O4. The van der Waals surface area contributed by atoms with Crippen LogP contribution < -0.4 is 9.80 Å². The number of carbonyl (C=O) groups excluding carboxylic acids is 2. The number of alkyl halides is 3. The Morgan fingerprint density at radius 1 is 1.00 bits per heavy atom. The summed E-state index contributed by atoms with van der Waals surface area (Å²) in [4.78, 5) is 42.6. The van der Waals surface area contributed by atoms with Crippen LogP contribution in [0.2, 0.25) is 0 Å². The van der Waals surface area contributed by atoms with E-state index in [0.29, 0.717) is 31.7 Å². The fourth-order valence-electron chi connectivity index (χ4n) is 4.36. The number of halogens is 3. The number of aliphatic carboxylic acids is 1. The SMILES string of the molecule is CN(C)c1ccc(C(=O)N2CCC3(C2)CN(c2ccccc2)C(=O)CN3C)cc1.O=C(O)C(F)(F)F. The molecule has 8 nitrogen and oxygen atoms in total. The first-order valence-corrected chi connectivity index (χ1v) is 11.3. The second kappa shape index (κ2) is 10.6. The van der Waals surface area contributed by atoms with Gasteiger partial charge in [0.2, 0.25) is 5.91 Å². The molecule has 2 heterocycles. The molecule has 2 aliphatic heterocycles. The summed E-state index contributed by atoms with van der Waals surface area (Å²) >= 11 is 0. The van der Waals surface area contributed by atoms with Crippen LogP contribution in [0.3, 0.4) is 0 Å². The van der Waals surface area contributed by atoms with Crippen molar-refractivity contribution in [3.05, 3.63) is 60.2 Å². The van der Waals surface area contributed by atoms with Crippen LogP contribution >= 0.6 is 0 Å². The molecule has 1 N–H and O–H groups in total. The molecule has 2 saturated heterocycles. The van der Waals surface area contributed by atoms with Gasteiger partial charge in [-0.15, -0.1) is 0 Å². The molecule has 0 radical (unpaired) electrons. The Morgan fingerprint density at radius 3 is 2.11 bits per heavy atom. The number of carboxylic acid groups (broad SMARTS) is 1. The highest BCUT2D eigenvalue weighted by atomic mass is 19.4. The van der Waals surface area contributed by atoms with Crippen LogP contribution in [0.15, 0.2) is 54.6 Å². The van der Waals surface area contributed by atoms with Gasteiger partial charge in [-0.1, -0.05) is 18.2 Å². The molecule has 0 saturated carbocycles. The van der Waals surface area contributed by atoms with E-state index in [1.807, 2.05) is 90.4 Å². The molecule has 194 valence electrons. The molecular weight excluding hydrogens is 477 g/mol. The van der Waals surface area contributed by atoms with Crippen molar-refractivity contribution in [2.45, 2.75) is 18.1 Å². The van der Waals surface area contributed by atoms with Gasteiger partial charge >= 0.3 is 12.1 Å². The summed E-state index contributed by atoms with van der Waals surface area (Å²) in [5.74, 6) is -2.59. The van der Waals surface area contributed by atoms with E-state index in [1.165, 1.54) is 0 Å². The molecule has 1 spiro atoms. The number of nitrogens with zero attached hydrogens (tertiary/aromatic N) is 4. The zero-order valence-electron chi connectivity index (χ0n) is 20.3. The summed E-state index contributed by atoms with van der Waals surface area (Å²) in [6.45, 7) is 2.31. The Bertz CT molecular complexity index is 1090. The topological polar surface area (TPSA) is 84.4 Å². The van der Waals surface area contributed by atoms with Crippen LogP contribution in [-0.4, -0.2) is 91.7 Å². The molecule has 11 heteroatoms. The van der Waals surface area contributed by atoms with Gasteiger partial charge < -0.3 is 19.8 Å². The molecule has 1 unspecified atom stereocenters. The van der Waals surface area contributed by atoms with Crippen LogP contribution in [-0.2, 0) is 9.59 Å². The van der Waals surface area contributed by atoms with Gasteiger partial charge in [0.15, 0.2) is 0 Å². The number of benzene rings is 2. The summed E-state index contributed by atoms with van der Waals surface area (Å²) in [6.07, 6.45) is -4.22. The molecule has 36 heavy (non-hydrogen) atoms. The lowest BCUT2D eigenvalue weighted by molar-refractivity contribution is -0.192. The van der Waals surface area contributed by atoms with Crippen molar-refractivity contribution in [2.24, 2.45) is 0 Å². The standard InChI is InChI=1S/C23H28N4O2.C2HF3O2/c1-24(2)19-11-9-18(10-12-19)22(29)26-14-13-23(16-26)17-27(21(28)15-25(23)3)20-7-5-4-6-8-20;3-2(4,5)1(6)7/h4-12H,13-17H2,1-3H3;(H,6,7). The number of anilines is 2. The van der Waals surface area contributed by atoms with Crippen molar-refractivity contribution in [1.82, 2.24) is 9.80 Å². The summed E-state index contributed by atoms with van der Waals surface area (Å²) in [5, 5.41) is 7.12. The number of hydrogen-bond donors (Lipinski definition) is 1. The first-order chi connectivity index (χ1) is 16.8. The van der Waals surface area contributed by atoms with E-state index in [0.717, 1.165) is 17.8 Å². The number of carbonyl (C=O) groups is 3. The Kier molecular flexibility index (Phi) is 7.92. The van der Waals surface area contributed by atoms with Gasteiger partial charge in [0.1, 0.15) is 0 Å². The van der Waals surface area contributed by atoms with Gasteiger partial charge in [-0.3, -0.25) is 14.5 Å². The molecule has 0 bridgehead atoms. The highest BCUT2D eigenvalue weighted by Crippen LogP contribution is 2.34. The number of likely N-dealkylation sites (N-methyl/N-ethyl adjacent to an activating group) is 1. The van der Waals surface area contributed by atoms with Crippen molar-refractivity contribution < 1.29 is 32.7 Å². The molecule has 1 atom stereocenters. The van der Waals surface area contributed by atoms with Crippen LogP contribution in [0.25, 0.3) is 0 Å². The maximum Gasteiger partial charge on any atom is 0.490 e. The van der Waals surface area contributed by atoms with E-state index in [4.69, 9.17) is 9.90 Å². The minimum Gasteiger partial charge on any atom is -0.475 e. The predicted molar refractivity (Wildman–Crippen MR) is 129 cm³/mol. The van der Waals surface area contributed by atoms with Gasteiger partial charge in [0, 0.05) is 50.7 Å². The smallest absolute Gasteiger partial charge is 0.475 e. The van der Waals surface area contributed by atoms with E-state index in [1.54, 1.807) is 0 Å². The number of hydrogen-bond acceptors (Lipinski definition) is 5. The number of para-hydroxylation sites is 1. The van der Waals surface area contributed by atoms with Gasteiger partial charge in [-0.05, 0) is 49.9 Å². The van der Waals surface area contributed by atoms with Gasteiger partial charge in [-0.25, -0.2) is 4.79 Å². The number of likely N-dealkylation sites (tertiary alicyclic amines) is 1. The molecule has 4 rings (SSSR count). The second-order valence-electron chi connectivity index (χ2n) is 9.12. The number of rotatable bonds is 3. The molecule has 2 aromatic carbocycles. The molecule has 2 amide bonds. The van der Waals surface area contributed by atoms with E-state index in [-0.39, 0.29) is 17.4 Å². The maximum absolute atomic E-state index is 13.1.